The minimum atomic E-state index is -1.35. The number of rotatable bonds is 7. The van der Waals surface area contributed by atoms with Crippen LogP contribution in [0.5, 0.6) is 0 Å². The molecule has 0 aliphatic rings. The number of carboxylic acid groups (broad SMARTS) is 1. The van der Waals surface area contributed by atoms with Crippen LogP contribution in [-0.4, -0.2) is 23.1 Å². The van der Waals surface area contributed by atoms with Crippen molar-refractivity contribution in [3.63, 3.8) is 0 Å². The van der Waals surface area contributed by atoms with Crippen molar-refractivity contribution in [2.24, 2.45) is 5.92 Å². The van der Waals surface area contributed by atoms with Gasteiger partial charge in [-0.2, -0.15) is 0 Å². The van der Waals surface area contributed by atoms with Crippen molar-refractivity contribution in [2.45, 2.75) is 46.1 Å². The van der Waals surface area contributed by atoms with Crippen LogP contribution < -0.4 is 0 Å². The molecule has 0 heterocycles. The zero-order valence-corrected chi connectivity index (χ0v) is 12.6. The van der Waals surface area contributed by atoms with Crippen LogP contribution in [0.2, 0.25) is 0 Å². The lowest BCUT2D eigenvalue weighted by atomic mass is 10.0. The van der Waals surface area contributed by atoms with E-state index in [2.05, 4.69) is 0 Å². The Morgan fingerprint density at radius 3 is 2.48 bits per heavy atom. The largest absolute Gasteiger partial charge is 0.478 e. The van der Waals surface area contributed by atoms with Crippen molar-refractivity contribution in [1.29, 1.82) is 0 Å². The number of benzene rings is 1. The summed E-state index contributed by atoms with van der Waals surface area (Å²) in [5, 5.41) is 9.05. The molecule has 0 aliphatic heterocycles. The van der Waals surface area contributed by atoms with Gasteiger partial charge in [-0.1, -0.05) is 33.6 Å². The number of halogens is 1. The lowest BCUT2D eigenvalue weighted by Gasteiger charge is -2.21. The van der Waals surface area contributed by atoms with Crippen LogP contribution in [0.4, 0.5) is 4.39 Å². The van der Waals surface area contributed by atoms with E-state index in [1.165, 1.54) is 0 Å². The number of esters is 1. The first kappa shape index (κ1) is 17.1. The van der Waals surface area contributed by atoms with Crippen molar-refractivity contribution in [1.82, 2.24) is 0 Å². The van der Waals surface area contributed by atoms with Gasteiger partial charge in [0, 0.05) is 0 Å². The molecule has 0 radical (unpaired) electrons. The highest BCUT2D eigenvalue weighted by Gasteiger charge is 2.23. The van der Waals surface area contributed by atoms with E-state index >= 15 is 0 Å². The van der Waals surface area contributed by atoms with Crippen molar-refractivity contribution >= 4 is 11.9 Å². The monoisotopic (exact) mass is 296 g/mol. The third-order valence-electron chi connectivity index (χ3n) is 3.28. The van der Waals surface area contributed by atoms with Gasteiger partial charge in [-0.25, -0.2) is 14.0 Å². The van der Waals surface area contributed by atoms with Crippen molar-refractivity contribution in [3.8, 4) is 0 Å². The van der Waals surface area contributed by atoms with Gasteiger partial charge >= 0.3 is 11.9 Å². The Hall–Kier alpha value is -1.91. The first-order chi connectivity index (χ1) is 9.86. The second-order valence-corrected chi connectivity index (χ2v) is 5.33. The molecule has 0 saturated heterocycles. The standard InChI is InChI=1S/C16H21FO4/c1-4-5-6-14(10(2)3)21-16(20)12-8-7-11(17)9-13(12)15(18)19/h7-10,14H,4-6H2,1-3H3,(H,18,19). The Bertz CT molecular complexity index is 511. The number of carbonyl (C=O) groups excluding carboxylic acids is 1. The molecule has 4 nitrogen and oxygen atoms in total. The lowest BCUT2D eigenvalue weighted by Crippen LogP contribution is -2.25. The molecular formula is C16H21FO4. The highest BCUT2D eigenvalue weighted by atomic mass is 19.1. The van der Waals surface area contributed by atoms with Crippen molar-refractivity contribution < 1.29 is 23.8 Å². The van der Waals surface area contributed by atoms with Gasteiger partial charge in [0.15, 0.2) is 0 Å². The van der Waals surface area contributed by atoms with E-state index in [0.717, 1.165) is 37.5 Å². The van der Waals surface area contributed by atoms with E-state index in [-0.39, 0.29) is 23.1 Å². The summed E-state index contributed by atoms with van der Waals surface area (Å²) in [5.74, 6) is -2.64. The number of carbonyl (C=O) groups is 2. The Morgan fingerprint density at radius 1 is 1.29 bits per heavy atom. The van der Waals surface area contributed by atoms with Crippen LogP contribution in [0, 0.1) is 11.7 Å². The summed E-state index contributed by atoms with van der Waals surface area (Å²) in [6, 6.07) is 3.03. The summed E-state index contributed by atoms with van der Waals surface area (Å²) < 4.78 is 18.5. The molecule has 0 amide bonds. The third-order valence-corrected chi connectivity index (χ3v) is 3.28. The van der Waals surface area contributed by atoms with Crippen molar-refractivity contribution in [2.75, 3.05) is 0 Å². The first-order valence-corrected chi connectivity index (χ1v) is 7.10. The Kier molecular flexibility index (Phi) is 6.34. The van der Waals surface area contributed by atoms with Gasteiger partial charge in [0.2, 0.25) is 0 Å². The zero-order chi connectivity index (χ0) is 16.0. The van der Waals surface area contributed by atoms with Gasteiger partial charge in [0.05, 0.1) is 11.1 Å². The smallest absolute Gasteiger partial charge is 0.339 e. The molecule has 1 atom stereocenters. The number of ether oxygens (including phenoxy) is 1. The van der Waals surface area contributed by atoms with E-state index in [4.69, 9.17) is 9.84 Å². The Labute approximate surface area is 123 Å². The molecule has 0 bridgehead atoms. The molecule has 1 unspecified atom stereocenters. The maximum Gasteiger partial charge on any atom is 0.339 e. The Morgan fingerprint density at radius 2 is 1.95 bits per heavy atom. The highest BCUT2D eigenvalue weighted by Crippen LogP contribution is 2.19. The molecule has 1 N–H and O–H groups in total. The van der Waals surface area contributed by atoms with Crippen LogP contribution in [0.3, 0.4) is 0 Å². The molecule has 21 heavy (non-hydrogen) atoms. The van der Waals surface area contributed by atoms with Crippen LogP contribution >= 0.6 is 0 Å². The van der Waals surface area contributed by atoms with E-state index < -0.39 is 17.8 Å². The maximum atomic E-state index is 13.1. The number of carboxylic acids is 1. The number of aromatic carboxylic acids is 1. The van der Waals surface area contributed by atoms with Gasteiger partial charge in [0.25, 0.3) is 0 Å². The molecule has 116 valence electrons. The van der Waals surface area contributed by atoms with E-state index in [1.54, 1.807) is 0 Å². The molecular weight excluding hydrogens is 275 g/mol. The fourth-order valence-electron chi connectivity index (χ4n) is 2.01. The predicted octanol–water partition coefficient (Wildman–Crippen LogP) is 3.90. The summed E-state index contributed by atoms with van der Waals surface area (Å²) in [6.07, 6.45) is 2.36. The summed E-state index contributed by atoms with van der Waals surface area (Å²) >= 11 is 0. The lowest BCUT2D eigenvalue weighted by molar-refractivity contribution is 0.0149. The molecule has 0 spiro atoms. The summed E-state index contributed by atoms with van der Waals surface area (Å²) in [6.45, 7) is 5.93. The normalized spacial score (nSPS) is 12.2. The van der Waals surface area contributed by atoms with Gasteiger partial charge in [0.1, 0.15) is 11.9 Å². The second-order valence-electron chi connectivity index (χ2n) is 5.33. The molecule has 0 fully saturated rings. The average Bonchev–Trinajstić information content (AvgIpc) is 2.42. The summed E-state index contributed by atoms with van der Waals surface area (Å²) in [4.78, 5) is 23.2. The fourth-order valence-corrected chi connectivity index (χ4v) is 2.01. The number of unbranched alkanes of at least 4 members (excludes halogenated alkanes) is 1. The minimum absolute atomic E-state index is 0.119. The molecule has 1 aromatic rings. The van der Waals surface area contributed by atoms with E-state index in [0.29, 0.717) is 0 Å². The molecule has 0 saturated carbocycles. The summed E-state index contributed by atoms with van der Waals surface area (Å²) in [7, 11) is 0. The van der Waals surface area contributed by atoms with Gasteiger partial charge in [-0.15, -0.1) is 0 Å². The quantitative estimate of drug-likeness (QED) is 0.775. The fraction of sp³-hybridized carbons (Fsp3) is 0.500. The zero-order valence-electron chi connectivity index (χ0n) is 12.6. The third kappa shape index (κ3) is 4.85. The van der Waals surface area contributed by atoms with Crippen LogP contribution in [0.25, 0.3) is 0 Å². The molecule has 1 aromatic carbocycles. The van der Waals surface area contributed by atoms with Crippen LogP contribution in [0.1, 0.15) is 60.7 Å². The molecule has 0 aliphatic carbocycles. The maximum absolute atomic E-state index is 13.1. The van der Waals surface area contributed by atoms with Gasteiger partial charge < -0.3 is 9.84 Å². The topological polar surface area (TPSA) is 63.6 Å². The molecule has 1 rings (SSSR count). The number of hydrogen-bond donors (Lipinski definition) is 1. The van der Waals surface area contributed by atoms with E-state index in [9.17, 15) is 14.0 Å². The first-order valence-electron chi connectivity index (χ1n) is 7.10. The molecule has 5 heteroatoms. The highest BCUT2D eigenvalue weighted by molar-refractivity contribution is 6.02. The molecule has 0 aromatic heterocycles. The van der Waals surface area contributed by atoms with Gasteiger partial charge in [-0.05, 0) is 30.5 Å². The summed E-state index contributed by atoms with van der Waals surface area (Å²) in [5.41, 5.74) is -0.496. The average molecular weight is 296 g/mol. The number of hydrogen-bond acceptors (Lipinski definition) is 3. The van der Waals surface area contributed by atoms with E-state index in [1.807, 2.05) is 20.8 Å². The van der Waals surface area contributed by atoms with Crippen LogP contribution in [-0.2, 0) is 4.74 Å². The SMILES string of the molecule is CCCCC(OC(=O)c1ccc(F)cc1C(=O)O)C(C)C. The second kappa shape index (κ2) is 7.76. The minimum Gasteiger partial charge on any atom is -0.478 e. The Balaban J connectivity index is 2.94. The predicted molar refractivity (Wildman–Crippen MR) is 76.9 cm³/mol. The van der Waals surface area contributed by atoms with Crippen LogP contribution in [0.15, 0.2) is 18.2 Å². The van der Waals surface area contributed by atoms with Crippen molar-refractivity contribution in [3.05, 3.63) is 35.1 Å². The van der Waals surface area contributed by atoms with Gasteiger partial charge in [-0.3, -0.25) is 0 Å².